The van der Waals surface area contributed by atoms with E-state index in [1.54, 1.807) is 43.5 Å². The lowest BCUT2D eigenvalue weighted by molar-refractivity contribution is 0.414. The monoisotopic (exact) mass is 395 g/mol. The van der Waals surface area contributed by atoms with Crippen molar-refractivity contribution >= 4 is 34.8 Å². The van der Waals surface area contributed by atoms with Crippen LogP contribution in [0.5, 0.6) is 5.75 Å². The van der Waals surface area contributed by atoms with E-state index in [-0.39, 0.29) is 12.5 Å². The Kier molecular flexibility index (Phi) is 5.54. The average Bonchev–Trinajstić information content (AvgIpc) is 2.64. The highest BCUT2D eigenvalue weighted by atomic mass is 35.5. The van der Waals surface area contributed by atoms with Gasteiger partial charge < -0.3 is 9.64 Å². The normalized spacial score (nSPS) is 10.7. The average molecular weight is 396 g/mol. The summed E-state index contributed by atoms with van der Waals surface area (Å²) in [7, 11) is 1.57. The second-order valence-electron chi connectivity index (χ2n) is 5.33. The molecule has 0 bridgehead atoms. The second-order valence-corrected chi connectivity index (χ2v) is 6.15. The van der Waals surface area contributed by atoms with Crippen molar-refractivity contribution in [3.63, 3.8) is 0 Å². The molecule has 0 N–H and O–H groups in total. The Labute approximate surface area is 159 Å². The van der Waals surface area contributed by atoms with Crippen molar-refractivity contribution in [2.45, 2.75) is 6.54 Å². The third-order valence-electron chi connectivity index (χ3n) is 3.62. The van der Waals surface area contributed by atoms with E-state index in [4.69, 9.17) is 27.9 Å². The quantitative estimate of drug-likeness (QED) is 0.541. The molecule has 0 aliphatic rings. The molecule has 0 aliphatic carbocycles. The third kappa shape index (κ3) is 4.03. The summed E-state index contributed by atoms with van der Waals surface area (Å²) in [5, 5.41) is -0.277. The first kappa shape index (κ1) is 18.4. The van der Waals surface area contributed by atoms with E-state index in [1.807, 2.05) is 12.1 Å². The van der Waals surface area contributed by atoms with Crippen LogP contribution in [-0.2, 0) is 6.54 Å². The summed E-state index contributed by atoms with van der Waals surface area (Å²) >= 11 is 11.5. The van der Waals surface area contributed by atoms with Gasteiger partial charge in [-0.15, -0.1) is 0 Å². The fourth-order valence-corrected chi connectivity index (χ4v) is 2.61. The number of nitrogens with zero attached hydrogens (tertiary/aromatic N) is 3. The topological polar surface area (TPSA) is 38.2 Å². The van der Waals surface area contributed by atoms with E-state index in [2.05, 4.69) is 9.97 Å². The van der Waals surface area contributed by atoms with Gasteiger partial charge in [0.15, 0.2) is 5.02 Å². The van der Waals surface area contributed by atoms with Crippen LogP contribution in [0.1, 0.15) is 5.56 Å². The molecule has 0 aliphatic heterocycles. The lowest BCUT2D eigenvalue weighted by Crippen LogP contribution is -2.20. The highest BCUT2D eigenvalue weighted by molar-refractivity contribution is 6.31. The Morgan fingerprint density at radius 2 is 1.65 bits per heavy atom. The number of halogens is 4. The molecule has 0 saturated carbocycles. The first-order valence-corrected chi connectivity index (χ1v) is 8.28. The van der Waals surface area contributed by atoms with Crippen molar-refractivity contribution in [3.05, 3.63) is 76.0 Å². The maximum atomic E-state index is 13.8. The maximum absolute atomic E-state index is 13.8. The van der Waals surface area contributed by atoms with Crippen LogP contribution in [0.4, 0.5) is 20.4 Å². The standard InChI is InChI=1S/C18H13Cl2F2N3O/c1-26-14-7-5-11(6-8-14)10-25(13-4-2-3-12(19)9-13)18-23-16(21)15(20)17(22)24-18/h2-9H,10H2,1H3. The zero-order valence-corrected chi connectivity index (χ0v) is 15.1. The minimum absolute atomic E-state index is 0.164. The largest absolute Gasteiger partial charge is 0.497 e. The molecule has 0 unspecified atom stereocenters. The van der Waals surface area contributed by atoms with Gasteiger partial charge in [-0.05, 0) is 35.9 Å². The van der Waals surface area contributed by atoms with Crippen LogP contribution in [0.15, 0.2) is 48.5 Å². The van der Waals surface area contributed by atoms with Crippen LogP contribution in [-0.4, -0.2) is 17.1 Å². The molecule has 1 aromatic heterocycles. The number of rotatable bonds is 5. The first-order valence-electron chi connectivity index (χ1n) is 7.52. The maximum Gasteiger partial charge on any atom is 0.239 e. The molecule has 3 aromatic rings. The van der Waals surface area contributed by atoms with Crippen molar-refractivity contribution in [2.75, 3.05) is 12.0 Å². The highest BCUT2D eigenvalue weighted by Crippen LogP contribution is 2.29. The van der Waals surface area contributed by atoms with Gasteiger partial charge >= 0.3 is 0 Å². The number of aromatic nitrogens is 2. The molecular weight excluding hydrogens is 383 g/mol. The van der Waals surface area contributed by atoms with Gasteiger partial charge in [0.25, 0.3) is 0 Å². The van der Waals surface area contributed by atoms with E-state index >= 15 is 0 Å². The van der Waals surface area contributed by atoms with Crippen molar-refractivity contribution in [3.8, 4) is 5.75 Å². The number of anilines is 2. The molecule has 8 heteroatoms. The molecule has 0 fully saturated rings. The number of ether oxygens (including phenoxy) is 1. The summed E-state index contributed by atoms with van der Waals surface area (Å²) in [6.45, 7) is 0.255. The van der Waals surface area contributed by atoms with Crippen molar-refractivity contribution in [1.29, 1.82) is 0 Å². The second kappa shape index (κ2) is 7.85. The Morgan fingerprint density at radius 1 is 1.00 bits per heavy atom. The summed E-state index contributed by atoms with van der Waals surface area (Å²) < 4.78 is 32.8. The summed E-state index contributed by atoms with van der Waals surface area (Å²) in [4.78, 5) is 8.89. The number of hydrogen-bond acceptors (Lipinski definition) is 4. The van der Waals surface area contributed by atoms with Gasteiger partial charge in [0.05, 0.1) is 13.7 Å². The van der Waals surface area contributed by atoms with Gasteiger partial charge in [-0.25, -0.2) is 0 Å². The van der Waals surface area contributed by atoms with Crippen LogP contribution < -0.4 is 9.64 Å². The van der Waals surface area contributed by atoms with Gasteiger partial charge in [-0.1, -0.05) is 41.4 Å². The van der Waals surface area contributed by atoms with Gasteiger partial charge in [0.1, 0.15) is 5.75 Å². The Bertz CT molecular complexity index is 900. The van der Waals surface area contributed by atoms with Gasteiger partial charge in [-0.3, -0.25) is 0 Å². The Morgan fingerprint density at radius 3 is 2.23 bits per heavy atom. The molecule has 26 heavy (non-hydrogen) atoms. The summed E-state index contributed by atoms with van der Waals surface area (Å²) in [6, 6.07) is 14.0. The van der Waals surface area contributed by atoms with E-state index in [0.29, 0.717) is 16.5 Å². The smallest absolute Gasteiger partial charge is 0.239 e. The van der Waals surface area contributed by atoms with Crippen LogP contribution in [0, 0.1) is 11.9 Å². The number of methoxy groups -OCH3 is 1. The molecule has 0 amide bonds. The molecule has 0 atom stereocenters. The molecule has 3 rings (SSSR count). The van der Waals surface area contributed by atoms with Crippen LogP contribution in [0.25, 0.3) is 0 Å². The Balaban J connectivity index is 2.04. The fraction of sp³-hybridized carbons (Fsp3) is 0.111. The first-order chi connectivity index (χ1) is 12.5. The predicted octanol–water partition coefficient (Wildman–Crippen LogP) is 5.41. The number of benzene rings is 2. The number of hydrogen-bond donors (Lipinski definition) is 0. The molecular formula is C18H13Cl2F2N3O. The van der Waals surface area contributed by atoms with E-state index < -0.39 is 16.9 Å². The summed E-state index contributed by atoms with van der Waals surface area (Å²) in [5.74, 6) is -1.72. The Hall–Kier alpha value is -2.44. The third-order valence-corrected chi connectivity index (χ3v) is 4.17. The van der Waals surface area contributed by atoms with E-state index in [9.17, 15) is 8.78 Å². The van der Waals surface area contributed by atoms with E-state index in [1.165, 1.54) is 4.90 Å². The molecule has 4 nitrogen and oxygen atoms in total. The SMILES string of the molecule is COc1ccc(CN(c2cccc(Cl)c2)c2nc(F)c(Cl)c(F)n2)cc1. The molecule has 0 radical (unpaired) electrons. The summed E-state index contributed by atoms with van der Waals surface area (Å²) in [5.41, 5.74) is 1.43. The van der Waals surface area contributed by atoms with Gasteiger partial charge in [0, 0.05) is 10.7 Å². The lowest BCUT2D eigenvalue weighted by Gasteiger charge is -2.23. The molecule has 0 saturated heterocycles. The van der Waals surface area contributed by atoms with Crippen molar-refractivity contribution in [1.82, 2.24) is 9.97 Å². The fourth-order valence-electron chi connectivity index (χ4n) is 2.34. The van der Waals surface area contributed by atoms with Crippen LogP contribution in [0.2, 0.25) is 10.0 Å². The lowest BCUT2D eigenvalue weighted by atomic mass is 10.2. The van der Waals surface area contributed by atoms with Crippen LogP contribution >= 0.6 is 23.2 Å². The zero-order valence-electron chi connectivity index (χ0n) is 13.6. The molecule has 134 valence electrons. The molecule has 2 aromatic carbocycles. The minimum atomic E-state index is -1.13. The van der Waals surface area contributed by atoms with Crippen molar-refractivity contribution in [2.24, 2.45) is 0 Å². The van der Waals surface area contributed by atoms with Crippen molar-refractivity contribution < 1.29 is 13.5 Å². The molecule has 0 spiro atoms. The highest BCUT2D eigenvalue weighted by Gasteiger charge is 2.19. The van der Waals surface area contributed by atoms with Gasteiger partial charge in [0.2, 0.25) is 17.8 Å². The van der Waals surface area contributed by atoms with E-state index in [0.717, 1.165) is 5.56 Å². The predicted molar refractivity (Wildman–Crippen MR) is 97.2 cm³/mol. The zero-order chi connectivity index (χ0) is 18.7. The van der Waals surface area contributed by atoms with Gasteiger partial charge in [-0.2, -0.15) is 18.7 Å². The van der Waals surface area contributed by atoms with Crippen LogP contribution in [0.3, 0.4) is 0 Å². The molecule has 1 heterocycles. The summed E-state index contributed by atoms with van der Waals surface area (Å²) in [6.07, 6.45) is 0. The minimum Gasteiger partial charge on any atom is -0.497 e.